The first kappa shape index (κ1) is 60.2. The topological polar surface area (TPSA) is 321 Å². The predicted molar refractivity (Wildman–Crippen MR) is 260 cm³/mol. The Kier molecular flexibility index (Phi) is 27.6. The zero-order chi connectivity index (χ0) is 52.2. The van der Waals surface area contributed by atoms with Gasteiger partial charge in [-0.25, -0.2) is 0 Å². The summed E-state index contributed by atoms with van der Waals surface area (Å²) in [5, 5.41) is 14.1. The minimum absolute atomic E-state index is 0.00218. The van der Waals surface area contributed by atoms with E-state index in [0.717, 1.165) is 45.4 Å². The van der Waals surface area contributed by atoms with E-state index in [0.29, 0.717) is 25.0 Å². The van der Waals surface area contributed by atoms with E-state index in [1.54, 1.807) is 28.5 Å². The molecule has 0 aromatic rings. The van der Waals surface area contributed by atoms with E-state index in [2.05, 4.69) is 45.7 Å². The Morgan fingerprint density at radius 3 is 1.49 bits per heavy atom. The molecule has 0 radical (unpaired) electrons. The van der Waals surface area contributed by atoms with Crippen molar-refractivity contribution in [1.29, 1.82) is 0 Å². The molecule has 0 aromatic heterocycles. The number of carbonyl (C=O) groups is 14. The fourth-order valence-electron chi connectivity index (χ4n) is 5.99. The standard InChI is InChI=1S/C27H37N7O10S.C17H26N2O4S2/c1-17(35)7-12-45-18-13-26(43)34(27(18)44)10-2-3-19(36)30-15-22(39)32-16-23(40)31-14-21(38)28-8-6-20(37)29-9-11-33-24(41)4-5-25(33)42;1-13(20)8-9-17(2,3)25-24-12-4-5-14(21)18-10-11-19-15(22)6-7-16(19)23/h4-5,18H,2-3,6-16H2,1H3,(H,28,38)(H,29,37)(H,30,36)(H,31,40)(H,32,39);6-7H,4-5,8-12H2,1-3H3,(H,18,21). The molecule has 70 heavy (non-hydrogen) atoms. The zero-order valence-electron chi connectivity index (χ0n) is 39.8. The van der Waals surface area contributed by atoms with Gasteiger partial charge in [0.25, 0.3) is 23.6 Å². The highest BCUT2D eigenvalue weighted by Gasteiger charge is 2.38. The summed E-state index contributed by atoms with van der Waals surface area (Å²) in [6.45, 7) is 6.64. The molecule has 26 heteroatoms. The number of hydrogen-bond acceptors (Lipinski definition) is 17. The minimum Gasteiger partial charge on any atom is -0.354 e. The molecule has 3 heterocycles. The van der Waals surface area contributed by atoms with Gasteiger partial charge in [0.2, 0.25) is 47.3 Å². The van der Waals surface area contributed by atoms with E-state index in [9.17, 15) is 67.1 Å². The molecule has 0 saturated carbocycles. The molecule has 1 atom stereocenters. The summed E-state index contributed by atoms with van der Waals surface area (Å²) < 4.78 is 0.0431. The van der Waals surface area contributed by atoms with Crippen molar-refractivity contribution in [2.45, 2.75) is 95.5 Å². The van der Waals surface area contributed by atoms with Crippen LogP contribution >= 0.6 is 33.3 Å². The monoisotopic (exact) mass is 1040 g/mol. The molecule has 6 N–H and O–H groups in total. The third-order valence-electron chi connectivity index (χ3n) is 9.89. The highest BCUT2D eigenvalue weighted by Crippen LogP contribution is 2.39. The second-order valence-electron chi connectivity index (χ2n) is 16.4. The van der Waals surface area contributed by atoms with Crippen LogP contribution in [0, 0.1) is 0 Å². The lowest BCUT2D eigenvalue weighted by atomic mass is 10.1. The summed E-state index contributed by atoms with van der Waals surface area (Å²) >= 11 is 1.26. The van der Waals surface area contributed by atoms with Gasteiger partial charge in [0.05, 0.1) is 24.9 Å². The van der Waals surface area contributed by atoms with Crippen molar-refractivity contribution in [3.05, 3.63) is 24.3 Å². The number of amides is 12. The average molecular weight is 1040 g/mol. The van der Waals surface area contributed by atoms with Gasteiger partial charge in [-0.2, -0.15) is 0 Å². The molecule has 386 valence electrons. The molecule has 0 bridgehead atoms. The van der Waals surface area contributed by atoms with Crippen molar-refractivity contribution in [1.82, 2.24) is 46.6 Å². The van der Waals surface area contributed by atoms with Crippen LogP contribution in [0.15, 0.2) is 24.3 Å². The van der Waals surface area contributed by atoms with Crippen molar-refractivity contribution in [3.63, 3.8) is 0 Å². The Balaban J connectivity index is 0.000000567. The molecule has 1 unspecified atom stereocenters. The fraction of sp³-hybridized carbons (Fsp3) is 0.591. The van der Waals surface area contributed by atoms with Gasteiger partial charge in [-0.15, -0.1) is 11.8 Å². The van der Waals surface area contributed by atoms with Crippen LogP contribution in [0.25, 0.3) is 0 Å². The molecule has 3 rings (SSSR count). The molecule has 1 saturated heterocycles. The number of carbonyl (C=O) groups excluding carboxylic acids is 14. The van der Waals surface area contributed by atoms with Crippen LogP contribution in [0.1, 0.15) is 85.5 Å². The normalized spacial score (nSPS) is 15.2. The van der Waals surface area contributed by atoms with Crippen LogP contribution in [0.2, 0.25) is 0 Å². The van der Waals surface area contributed by atoms with Crippen molar-refractivity contribution < 1.29 is 67.1 Å². The lowest BCUT2D eigenvalue weighted by Gasteiger charge is -2.22. The number of rotatable bonds is 32. The SMILES string of the molecule is CC(=O)CCC(C)(C)SSCCCC(=O)NCCN1C(=O)C=CC1=O.CC(=O)CCSC1CC(=O)N(CCCC(=O)NCC(=O)NCC(=O)NCC(=O)NCCC(=O)NCCN2C(=O)C=CC2=O)C1=O. The Labute approximate surface area is 418 Å². The maximum absolute atomic E-state index is 12.4. The predicted octanol–water partition coefficient (Wildman–Crippen LogP) is -1.16. The third kappa shape index (κ3) is 25.1. The molecule has 3 aliphatic heterocycles. The first-order valence-electron chi connectivity index (χ1n) is 22.5. The van der Waals surface area contributed by atoms with Crippen molar-refractivity contribution >= 4 is 116 Å². The van der Waals surface area contributed by atoms with Crippen LogP contribution < -0.4 is 31.9 Å². The maximum Gasteiger partial charge on any atom is 0.253 e. The summed E-state index contributed by atoms with van der Waals surface area (Å²) in [7, 11) is 3.47. The first-order chi connectivity index (χ1) is 33.1. The van der Waals surface area contributed by atoms with Gasteiger partial charge in [0.1, 0.15) is 11.6 Å². The van der Waals surface area contributed by atoms with Gasteiger partial charge >= 0.3 is 0 Å². The lowest BCUT2D eigenvalue weighted by molar-refractivity contribution is -0.139. The van der Waals surface area contributed by atoms with E-state index in [4.69, 9.17) is 0 Å². The van der Waals surface area contributed by atoms with Gasteiger partial charge in [0.15, 0.2) is 0 Å². The van der Waals surface area contributed by atoms with Gasteiger partial charge in [0, 0.05) is 118 Å². The van der Waals surface area contributed by atoms with Crippen molar-refractivity contribution in [2.75, 3.05) is 70.4 Å². The molecule has 12 amide bonds. The van der Waals surface area contributed by atoms with Gasteiger partial charge < -0.3 is 36.7 Å². The number of nitrogens with zero attached hydrogens (tertiary/aromatic N) is 3. The number of Topliss-reactive ketones (excluding diaryl/α,β-unsaturated/α-hetero) is 2. The van der Waals surface area contributed by atoms with Gasteiger partial charge in [-0.1, -0.05) is 21.6 Å². The zero-order valence-corrected chi connectivity index (χ0v) is 42.3. The lowest BCUT2D eigenvalue weighted by Crippen LogP contribution is -2.44. The highest BCUT2D eigenvalue weighted by atomic mass is 33.1. The molecule has 23 nitrogen and oxygen atoms in total. The number of likely N-dealkylation sites (tertiary alicyclic amines) is 1. The second kappa shape index (κ2) is 32.1. The van der Waals surface area contributed by atoms with Crippen LogP contribution in [-0.2, 0) is 67.1 Å². The molecule has 0 spiro atoms. The number of hydrogen-bond donors (Lipinski definition) is 6. The average Bonchev–Trinajstić information content (AvgIpc) is 3.90. The Morgan fingerprint density at radius 1 is 0.529 bits per heavy atom. The van der Waals surface area contributed by atoms with E-state index >= 15 is 0 Å². The Bertz CT molecular complexity index is 2010. The molecule has 0 aliphatic carbocycles. The maximum atomic E-state index is 12.4. The smallest absolute Gasteiger partial charge is 0.253 e. The highest BCUT2D eigenvalue weighted by molar-refractivity contribution is 8.77. The first-order valence-corrected chi connectivity index (χ1v) is 25.9. The molecule has 3 aliphatic rings. The van der Waals surface area contributed by atoms with Crippen molar-refractivity contribution in [3.8, 4) is 0 Å². The fourth-order valence-corrected chi connectivity index (χ4v) is 9.87. The van der Waals surface area contributed by atoms with Gasteiger partial charge in [-0.3, -0.25) is 77.0 Å². The largest absolute Gasteiger partial charge is 0.354 e. The summed E-state index contributed by atoms with van der Waals surface area (Å²) in [4.78, 5) is 167. The molecular formula is C44H63N9O14S3. The van der Waals surface area contributed by atoms with Crippen LogP contribution in [0.3, 0.4) is 0 Å². The Hall–Kier alpha value is -5.89. The molecule has 0 aromatic carbocycles. The number of imide groups is 3. The summed E-state index contributed by atoms with van der Waals surface area (Å²) in [6, 6.07) is 0. The van der Waals surface area contributed by atoms with Crippen LogP contribution in [0.5, 0.6) is 0 Å². The van der Waals surface area contributed by atoms with E-state index in [1.165, 1.54) is 30.8 Å². The van der Waals surface area contributed by atoms with Crippen molar-refractivity contribution in [2.24, 2.45) is 0 Å². The summed E-state index contributed by atoms with van der Waals surface area (Å²) in [5.41, 5.74) is 0. The Morgan fingerprint density at radius 2 is 0.971 bits per heavy atom. The molecule has 1 fully saturated rings. The quantitative estimate of drug-likeness (QED) is 0.0263. The van der Waals surface area contributed by atoms with Crippen LogP contribution in [-0.4, -0.2) is 178 Å². The summed E-state index contributed by atoms with van der Waals surface area (Å²) in [5.74, 6) is -3.60. The summed E-state index contributed by atoms with van der Waals surface area (Å²) in [6.07, 6.45) is 7.83. The van der Waals surface area contributed by atoms with E-state index in [-0.39, 0.29) is 111 Å². The number of thioether (sulfide) groups is 1. The van der Waals surface area contributed by atoms with E-state index < -0.39 is 66.2 Å². The van der Waals surface area contributed by atoms with Crippen LogP contribution in [0.4, 0.5) is 0 Å². The van der Waals surface area contributed by atoms with E-state index in [1.807, 2.05) is 0 Å². The molecular weight excluding hydrogens is 975 g/mol. The van der Waals surface area contributed by atoms with Gasteiger partial charge in [-0.05, 0) is 47.0 Å². The second-order valence-corrected chi connectivity index (χ2v) is 20.9. The minimum atomic E-state index is -0.666. The number of nitrogens with one attached hydrogen (secondary N) is 6. The third-order valence-corrected chi connectivity index (χ3v) is 14.5. The number of ketones is 2.